The number of rotatable bonds is 5. The lowest BCUT2D eigenvalue weighted by Gasteiger charge is -2.06. The van der Waals surface area contributed by atoms with Crippen molar-refractivity contribution in [3.8, 4) is 5.75 Å². The van der Waals surface area contributed by atoms with Crippen molar-refractivity contribution in [3.63, 3.8) is 0 Å². The number of halogens is 1. The minimum atomic E-state index is -0.0677. The molecule has 16 heavy (non-hydrogen) atoms. The number of hydrogen-bond acceptors (Lipinski definition) is 2. The highest BCUT2D eigenvalue weighted by Crippen LogP contribution is 2.27. The molecule has 1 aromatic rings. The van der Waals surface area contributed by atoms with Crippen molar-refractivity contribution < 1.29 is 9.53 Å². The molecule has 0 unspecified atom stereocenters. The molecule has 3 nitrogen and oxygen atoms in total. The largest absolute Gasteiger partial charge is 0.484 e. The van der Waals surface area contributed by atoms with Crippen LogP contribution >= 0.6 is 11.6 Å². The summed E-state index contributed by atoms with van der Waals surface area (Å²) in [4.78, 5) is 11.4. The van der Waals surface area contributed by atoms with Gasteiger partial charge >= 0.3 is 0 Å². The molecule has 0 bridgehead atoms. The van der Waals surface area contributed by atoms with Crippen molar-refractivity contribution in [1.29, 1.82) is 0 Å². The summed E-state index contributed by atoms with van der Waals surface area (Å²) in [5.41, 5.74) is 0. The molecule has 0 heterocycles. The van der Waals surface area contributed by atoms with E-state index in [4.69, 9.17) is 16.3 Å². The molecule has 0 aromatic heterocycles. The minimum absolute atomic E-state index is 0.0638. The van der Waals surface area contributed by atoms with Crippen LogP contribution < -0.4 is 10.1 Å². The predicted octanol–water partition coefficient (Wildman–Crippen LogP) is 2.25. The molecular weight excluding hydrogens is 226 g/mol. The second-order valence-corrected chi connectivity index (χ2v) is 4.43. The van der Waals surface area contributed by atoms with Crippen molar-refractivity contribution >= 4 is 17.5 Å². The fourth-order valence-corrected chi connectivity index (χ4v) is 1.44. The first-order chi connectivity index (χ1) is 7.74. The molecule has 1 aliphatic carbocycles. The third kappa shape index (κ3) is 3.74. The molecule has 0 spiro atoms. The highest BCUT2D eigenvalue weighted by molar-refractivity contribution is 6.30. The number of hydrogen-bond donors (Lipinski definition) is 1. The summed E-state index contributed by atoms with van der Waals surface area (Å²) in [5.74, 6) is 1.28. The van der Waals surface area contributed by atoms with E-state index in [1.165, 1.54) is 12.8 Å². The summed E-state index contributed by atoms with van der Waals surface area (Å²) in [6.45, 7) is 0.844. The summed E-state index contributed by atoms with van der Waals surface area (Å²) in [5, 5.41) is 3.49. The SMILES string of the molecule is O=C(COc1ccc(Cl)cc1)NCC1CC1. The van der Waals surface area contributed by atoms with Gasteiger partial charge in [-0.05, 0) is 43.0 Å². The molecule has 1 amide bonds. The predicted molar refractivity (Wildman–Crippen MR) is 62.7 cm³/mol. The lowest BCUT2D eigenvalue weighted by atomic mass is 10.3. The van der Waals surface area contributed by atoms with Gasteiger partial charge in [0.25, 0.3) is 5.91 Å². The van der Waals surface area contributed by atoms with Crippen LogP contribution in [-0.4, -0.2) is 19.1 Å². The highest BCUT2D eigenvalue weighted by atomic mass is 35.5. The van der Waals surface area contributed by atoms with Crippen LogP contribution in [-0.2, 0) is 4.79 Å². The maximum atomic E-state index is 11.4. The summed E-state index contributed by atoms with van der Waals surface area (Å²) in [6, 6.07) is 6.96. The third-order valence-corrected chi connectivity index (χ3v) is 2.72. The molecule has 1 aromatic carbocycles. The van der Waals surface area contributed by atoms with Gasteiger partial charge < -0.3 is 10.1 Å². The standard InChI is InChI=1S/C12H14ClNO2/c13-10-3-5-11(6-4-10)16-8-12(15)14-7-9-1-2-9/h3-6,9H,1-2,7-8H2,(H,14,15). The molecular formula is C12H14ClNO2. The van der Waals surface area contributed by atoms with Gasteiger partial charge in [-0.2, -0.15) is 0 Å². The normalized spacial score (nSPS) is 14.6. The van der Waals surface area contributed by atoms with E-state index in [-0.39, 0.29) is 12.5 Å². The molecule has 0 aliphatic heterocycles. The van der Waals surface area contributed by atoms with E-state index in [9.17, 15) is 4.79 Å². The van der Waals surface area contributed by atoms with Crippen molar-refractivity contribution in [2.45, 2.75) is 12.8 Å². The van der Waals surface area contributed by atoms with Crippen LogP contribution in [0.25, 0.3) is 0 Å². The Morgan fingerprint density at radius 3 is 2.69 bits per heavy atom. The molecule has 4 heteroatoms. The molecule has 86 valence electrons. The summed E-state index contributed by atoms with van der Waals surface area (Å²) in [7, 11) is 0. The van der Waals surface area contributed by atoms with Gasteiger partial charge in [0, 0.05) is 11.6 Å². The van der Waals surface area contributed by atoms with Gasteiger partial charge in [0.1, 0.15) is 5.75 Å². The van der Waals surface area contributed by atoms with Crippen LogP contribution in [0.1, 0.15) is 12.8 Å². The Labute approximate surface area is 99.7 Å². The number of ether oxygens (including phenoxy) is 1. The van der Waals surface area contributed by atoms with Crippen molar-refractivity contribution in [3.05, 3.63) is 29.3 Å². The number of nitrogens with one attached hydrogen (secondary N) is 1. The van der Waals surface area contributed by atoms with Gasteiger partial charge in [0.05, 0.1) is 0 Å². The Morgan fingerprint density at radius 1 is 1.38 bits per heavy atom. The molecule has 2 rings (SSSR count). The first-order valence-electron chi connectivity index (χ1n) is 5.39. The first kappa shape index (κ1) is 11.3. The van der Waals surface area contributed by atoms with Gasteiger partial charge in [-0.3, -0.25) is 4.79 Å². The van der Waals surface area contributed by atoms with Gasteiger partial charge in [-0.15, -0.1) is 0 Å². The van der Waals surface area contributed by atoms with E-state index in [0.717, 1.165) is 6.54 Å². The van der Waals surface area contributed by atoms with Gasteiger partial charge in [-0.25, -0.2) is 0 Å². The second-order valence-electron chi connectivity index (χ2n) is 3.99. The Kier molecular flexibility index (Phi) is 3.67. The fraction of sp³-hybridized carbons (Fsp3) is 0.417. The van der Waals surface area contributed by atoms with Crippen molar-refractivity contribution in [1.82, 2.24) is 5.32 Å². The Morgan fingerprint density at radius 2 is 2.06 bits per heavy atom. The van der Waals surface area contributed by atoms with E-state index >= 15 is 0 Å². The molecule has 1 fully saturated rings. The van der Waals surface area contributed by atoms with E-state index in [2.05, 4.69) is 5.32 Å². The number of amides is 1. The Hall–Kier alpha value is -1.22. The monoisotopic (exact) mass is 239 g/mol. The second kappa shape index (κ2) is 5.21. The average molecular weight is 240 g/mol. The van der Waals surface area contributed by atoms with Gasteiger partial charge in [0.2, 0.25) is 0 Å². The maximum Gasteiger partial charge on any atom is 0.257 e. The molecule has 0 atom stereocenters. The quantitative estimate of drug-likeness (QED) is 0.856. The smallest absolute Gasteiger partial charge is 0.257 e. The zero-order chi connectivity index (χ0) is 11.4. The van der Waals surface area contributed by atoms with E-state index in [1.54, 1.807) is 24.3 Å². The summed E-state index contributed by atoms with van der Waals surface area (Å²) < 4.78 is 5.30. The van der Waals surface area contributed by atoms with Crippen molar-refractivity contribution in [2.75, 3.05) is 13.2 Å². The summed E-state index contributed by atoms with van der Waals surface area (Å²) in [6.07, 6.45) is 2.47. The van der Waals surface area contributed by atoms with Gasteiger partial charge in [0.15, 0.2) is 6.61 Å². The lowest BCUT2D eigenvalue weighted by Crippen LogP contribution is -2.30. The summed E-state index contributed by atoms with van der Waals surface area (Å²) >= 11 is 5.73. The van der Waals surface area contributed by atoms with E-state index in [0.29, 0.717) is 16.7 Å². The topological polar surface area (TPSA) is 38.3 Å². The van der Waals surface area contributed by atoms with Crippen LogP contribution in [0.3, 0.4) is 0 Å². The molecule has 0 radical (unpaired) electrons. The molecule has 1 saturated carbocycles. The maximum absolute atomic E-state index is 11.4. The Bertz CT molecular complexity index is 360. The van der Waals surface area contributed by atoms with Crippen LogP contribution in [0.2, 0.25) is 5.02 Å². The van der Waals surface area contributed by atoms with Crippen LogP contribution in [0, 0.1) is 5.92 Å². The fourth-order valence-electron chi connectivity index (χ4n) is 1.31. The lowest BCUT2D eigenvalue weighted by molar-refractivity contribution is -0.123. The first-order valence-corrected chi connectivity index (χ1v) is 5.77. The molecule has 1 N–H and O–H groups in total. The van der Waals surface area contributed by atoms with Crippen LogP contribution in [0.4, 0.5) is 0 Å². The third-order valence-electron chi connectivity index (χ3n) is 2.47. The van der Waals surface area contributed by atoms with Crippen molar-refractivity contribution in [2.24, 2.45) is 5.92 Å². The number of benzene rings is 1. The number of carbonyl (C=O) groups is 1. The van der Waals surface area contributed by atoms with Crippen LogP contribution in [0.5, 0.6) is 5.75 Å². The number of carbonyl (C=O) groups excluding carboxylic acids is 1. The zero-order valence-corrected chi connectivity index (χ0v) is 9.67. The average Bonchev–Trinajstić information content (AvgIpc) is 3.09. The van der Waals surface area contributed by atoms with Gasteiger partial charge in [-0.1, -0.05) is 11.6 Å². The molecule has 1 aliphatic rings. The van der Waals surface area contributed by atoms with E-state index < -0.39 is 0 Å². The Balaban J connectivity index is 1.69. The zero-order valence-electron chi connectivity index (χ0n) is 8.91. The minimum Gasteiger partial charge on any atom is -0.484 e. The van der Waals surface area contributed by atoms with Crippen LogP contribution in [0.15, 0.2) is 24.3 Å². The highest BCUT2D eigenvalue weighted by Gasteiger charge is 2.21. The van der Waals surface area contributed by atoms with E-state index in [1.807, 2.05) is 0 Å². The molecule has 0 saturated heterocycles.